The van der Waals surface area contributed by atoms with Gasteiger partial charge in [-0.15, -0.1) is 0 Å². The van der Waals surface area contributed by atoms with Crippen molar-refractivity contribution in [2.75, 3.05) is 38.1 Å². The van der Waals surface area contributed by atoms with Gasteiger partial charge in [0.05, 0.1) is 18.6 Å². The predicted octanol–water partition coefficient (Wildman–Crippen LogP) is 2.60. The second-order valence-electron chi connectivity index (χ2n) is 8.47. The van der Waals surface area contributed by atoms with E-state index in [4.69, 9.17) is 4.74 Å². The number of nitrogens with one attached hydrogen (secondary N) is 2. The molecule has 9 heteroatoms. The lowest BCUT2D eigenvalue weighted by Crippen LogP contribution is -2.54. The highest BCUT2D eigenvalue weighted by atomic mass is 19.1. The van der Waals surface area contributed by atoms with Crippen LogP contribution in [0.4, 0.5) is 14.9 Å². The monoisotopic (exact) mass is 448 g/mol. The number of carbonyl (C=O) groups is 3. The fourth-order valence-electron chi connectivity index (χ4n) is 4.37. The van der Waals surface area contributed by atoms with Crippen molar-refractivity contribution in [3.8, 4) is 0 Å². The van der Waals surface area contributed by atoms with Crippen molar-refractivity contribution in [1.82, 2.24) is 15.1 Å². The zero-order valence-electron chi connectivity index (χ0n) is 18.8. The van der Waals surface area contributed by atoms with Gasteiger partial charge < -0.3 is 20.3 Å². The van der Waals surface area contributed by atoms with Crippen molar-refractivity contribution >= 4 is 23.6 Å². The van der Waals surface area contributed by atoms with Crippen LogP contribution in [0, 0.1) is 11.7 Å². The Kier molecular flexibility index (Phi) is 8.44. The van der Waals surface area contributed by atoms with Gasteiger partial charge in [-0.3, -0.25) is 14.5 Å². The van der Waals surface area contributed by atoms with Crippen LogP contribution >= 0.6 is 0 Å². The third-order valence-corrected chi connectivity index (χ3v) is 6.22. The molecule has 3 rings (SSSR count). The Morgan fingerprint density at radius 2 is 1.81 bits per heavy atom. The summed E-state index contributed by atoms with van der Waals surface area (Å²) in [6.07, 6.45) is 3.03. The number of likely N-dealkylation sites (tertiary alicyclic amines) is 2. The number of anilines is 1. The van der Waals surface area contributed by atoms with Crippen LogP contribution in [0.5, 0.6) is 0 Å². The molecule has 2 saturated heterocycles. The molecule has 2 N–H and O–H groups in total. The van der Waals surface area contributed by atoms with Crippen LogP contribution in [-0.4, -0.2) is 72.6 Å². The quantitative estimate of drug-likeness (QED) is 0.653. The summed E-state index contributed by atoms with van der Waals surface area (Å²) in [6, 6.07) is 5.03. The molecule has 0 aromatic heterocycles. The van der Waals surface area contributed by atoms with Gasteiger partial charge in [-0.25, -0.2) is 9.18 Å². The Balaban J connectivity index is 1.43. The second kappa shape index (κ2) is 11.3. The number of hydrogen-bond acceptors (Lipinski definition) is 5. The number of esters is 1. The van der Waals surface area contributed by atoms with Crippen LogP contribution in [-0.2, 0) is 14.3 Å². The minimum atomic E-state index is -0.354. The van der Waals surface area contributed by atoms with Crippen LogP contribution < -0.4 is 10.6 Å². The third kappa shape index (κ3) is 6.41. The zero-order chi connectivity index (χ0) is 23.1. The van der Waals surface area contributed by atoms with Gasteiger partial charge in [0.2, 0.25) is 5.91 Å². The number of piperidine rings is 2. The Morgan fingerprint density at radius 3 is 2.47 bits per heavy atom. The van der Waals surface area contributed by atoms with Crippen molar-refractivity contribution in [1.29, 1.82) is 0 Å². The smallest absolute Gasteiger partial charge is 0.319 e. The summed E-state index contributed by atoms with van der Waals surface area (Å²) < 4.78 is 18.1. The highest BCUT2D eigenvalue weighted by Crippen LogP contribution is 2.21. The second-order valence-corrected chi connectivity index (χ2v) is 8.47. The number of amides is 3. The van der Waals surface area contributed by atoms with E-state index in [1.54, 1.807) is 11.8 Å². The molecular formula is C23H33FN4O4. The van der Waals surface area contributed by atoms with Gasteiger partial charge >= 0.3 is 12.0 Å². The maximum Gasteiger partial charge on any atom is 0.319 e. The molecule has 0 saturated carbocycles. The Bertz CT molecular complexity index is 796. The van der Waals surface area contributed by atoms with E-state index in [0.29, 0.717) is 38.5 Å². The molecule has 0 unspecified atom stereocenters. The summed E-state index contributed by atoms with van der Waals surface area (Å²) in [7, 11) is 0. The fourth-order valence-corrected chi connectivity index (χ4v) is 4.37. The molecule has 1 aromatic rings. The molecule has 2 aliphatic rings. The lowest BCUT2D eigenvalue weighted by atomic mass is 9.97. The molecule has 2 fully saturated rings. The van der Waals surface area contributed by atoms with Gasteiger partial charge in [-0.1, -0.05) is 0 Å². The average Bonchev–Trinajstić information content (AvgIpc) is 2.80. The highest BCUT2D eigenvalue weighted by Gasteiger charge is 2.34. The molecule has 2 atom stereocenters. The topological polar surface area (TPSA) is 91.0 Å². The normalized spacial score (nSPS) is 21.0. The van der Waals surface area contributed by atoms with Crippen molar-refractivity contribution in [3.05, 3.63) is 30.1 Å². The standard InChI is InChI=1S/C23H33FN4O4/c1-3-32-22(30)17-5-4-12-28(15-17)21(29)16(2)27-13-10-20(11-14-27)26-23(31)25-19-8-6-18(24)7-9-19/h6-9,16-17,20H,3-5,10-15H2,1-2H3,(H2,25,26,31)/t16-,17-/m1/s1. The number of nitrogens with zero attached hydrogens (tertiary/aromatic N) is 2. The summed E-state index contributed by atoms with van der Waals surface area (Å²) in [5, 5.41) is 5.65. The van der Waals surface area contributed by atoms with Gasteiger partial charge in [0.15, 0.2) is 0 Å². The van der Waals surface area contributed by atoms with Crippen LogP contribution in [0.2, 0.25) is 0 Å². The lowest BCUT2D eigenvalue weighted by molar-refractivity contribution is -0.152. The summed E-state index contributed by atoms with van der Waals surface area (Å²) in [6.45, 7) is 6.53. The summed E-state index contributed by atoms with van der Waals surface area (Å²) in [5.74, 6) is -0.773. The SMILES string of the molecule is CCOC(=O)[C@@H]1CCCN(C(=O)[C@@H](C)N2CCC(NC(=O)Nc3ccc(F)cc3)CC2)C1. The van der Waals surface area contributed by atoms with E-state index >= 15 is 0 Å². The van der Waals surface area contributed by atoms with E-state index in [0.717, 1.165) is 25.7 Å². The minimum Gasteiger partial charge on any atom is -0.466 e. The van der Waals surface area contributed by atoms with Crippen LogP contribution in [0.3, 0.4) is 0 Å². The van der Waals surface area contributed by atoms with E-state index in [2.05, 4.69) is 15.5 Å². The number of urea groups is 1. The predicted molar refractivity (Wildman–Crippen MR) is 119 cm³/mol. The van der Waals surface area contributed by atoms with Gasteiger partial charge in [-0.05, 0) is 63.8 Å². The molecule has 3 amide bonds. The molecule has 0 spiro atoms. The third-order valence-electron chi connectivity index (χ3n) is 6.22. The number of rotatable bonds is 6. The van der Waals surface area contributed by atoms with Gasteiger partial charge in [0.25, 0.3) is 0 Å². The number of benzene rings is 1. The maximum absolute atomic E-state index is 13.0. The lowest BCUT2D eigenvalue weighted by Gasteiger charge is -2.39. The zero-order valence-corrected chi connectivity index (χ0v) is 18.8. The molecule has 0 bridgehead atoms. The van der Waals surface area contributed by atoms with Crippen LogP contribution in [0.25, 0.3) is 0 Å². The maximum atomic E-state index is 13.0. The number of halogens is 1. The minimum absolute atomic E-state index is 0.0113. The van der Waals surface area contributed by atoms with E-state index in [9.17, 15) is 18.8 Å². The Labute approximate surface area is 188 Å². The van der Waals surface area contributed by atoms with Crippen molar-refractivity contribution in [2.45, 2.75) is 51.6 Å². The molecular weight excluding hydrogens is 415 g/mol. The molecule has 32 heavy (non-hydrogen) atoms. The van der Waals surface area contributed by atoms with E-state index in [-0.39, 0.29) is 41.7 Å². The molecule has 1 aromatic carbocycles. The molecule has 2 heterocycles. The molecule has 0 radical (unpaired) electrons. The number of hydrogen-bond donors (Lipinski definition) is 2. The van der Waals surface area contributed by atoms with Crippen LogP contribution in [0.15, 0.2) is 24.3 Å². The van der Waals surface area contributed by atoms with E-state index in [1.807, 2.05) is 6.92 Å². The Morgan fingerprint density at radius 1 is 1.12 bits per heavy atom. The van der Waals surface area contributed by atoms with Gasteiger partial charge in [-0.2, -0.15) is 0 Å². The molecule has 176 valence electrons. The first-order valence-corrected chi connectivity index (χ1v) is 11.4. The van der Waals surface area contributed by atoms with Gasteiger partial charge in [0, 0.05) is 37.9 Å². The first-order chi connectivity index (χ1) is 15.4. The van der Waals surface area contributed by atoms with Crippen molar-refractivity contribution < 1.29 is 23.5 Å². The summed E-state index contributed by atoms with van der Waals surface area (Å²) in [4.78, 5) is 41.2. The summed E-state index contributed by atoms with van der Waals surface area (Å²) >= 11 is 0. The first kappa shape index (κ1) is 24.0. The van der Waals surface area contributed by atoms with Crippen LogP contribution in [0.1, 0.15) is 39.5 Å². The molecule has 2 aliphatic heterocycles. The fraction of sp³-hybridized carbons (Fsp3) is 0.609. The first-order valence-electron chi connectivity index (χ1n) is 11.4. The summed E-state index contributed by atoms with van der Waals surface area (Å²) in [5.41, 5.74) is 0.531. The number of ether oxygens (including phenoxy) is 1. The highest BCUT2D eigenvalue weighted by molar-refractivity contribution is 5.89. The van der Waals surface area contributed by atoms with E-state index in [1.165, 1.54) is 24.3 Å². The number of carbonyl (C=O) groups excluding carboxylic acids is 3. The van der Waals surface area contributed by atoms with Crippen molar-refractivity contribution in [3.63, 3.8) is 0 Å². The van der Waals surface area contributed by atoms with Gasteiger partial charge in [0.1, 0.15) is 5.82 Å². The largest absolute Gasteiger partial charge is 0.466 e. The molecule has 8 nitrogen and oxygen atoms in total. The average molecular weight is 449 g/mol. The molecule has 0 aliphatic carbocycles. The Hall–Kier alpha value is -2.68. The van der Waals surface area contributed by atoms with E-state index < -0.39 is 0 Å². The van der Waals surface area contributed by atoms with Crippen molar-refractivity contribution in [2.24, 2.45) is 5.92 Å².